The van der Waals surface area contributed by atoms with Crippen molar-refractivity contribution in [3.8, 4) is 17.2 Å². The van der Waals surface area contributed by atoms with Gasteiger partial charge in [0.1, 0.15) is 18.5 Å². The van der Waals surface area contributed by atoms with Crippen molar-refractivity contribution in [2.45, 2.75) is 25.1 Å². The van der Waals surface area contributed by atoms with E-state index in [-0.39, 0.29) is 11.9 Å². The third-order valence-electron chi connectivity index (χ3n) is 5.83. The van der Waals surface area contributed by atoms with Gasteiger partial charge in [-0.15, -0.1) is 0 Å². The highest BCUT2D eigenvalue weighted by atomic mass is 19.4. The van der Waals surface area contributed by atoms with Gasteiger partial charge < -0.3 is 24.4 Å². The van der Waals surface area contributed by atoms with Crippen LogP contribution in [0.1, 0.15) is 18.4 Å². The molecular weight excluding hydrogens is 409 g/mol. The van der Waals surface area contributed by atoms with Crippen LogP contribution in [0.15, 0.2) is 42.5 Å². The Hall–Kier alpha value is -2.61. The Morgan fingerprint density at radius 3 is 2.58 bits per heavy atom. The van der Waals surface area contributed by atoms with Crippen molar-refractivity contribution in [2.75, 3.05) is 44.8 Å². The fourth-order valence-corrected chi connectivity index (χ4v) is 4.11. The molecule has 0 spiro atoms. The van der Waals surface area contributed by atoms with E-state index >= 15 is 0 Å². The van der Waals surface area contributed by atoms with Crippen molar-refractivity contribution in [3.05, 3.63) is 48.0 Å². The number of nitrogens with zero attached hydrogens (tertiary/aromatic N) is 1. The number of methoxy groups -OCH3 is 1. The van der Waals surface area contributed by atoms with Crippen LogP contribution >= 0.6 is 0 Å². The van der Waals surface area contributed by atoms with Gasteiger partial charge in [0, 0.05) is 19.6 Å². The van der Waals surface area contributed by atoms with Crippen LogP contribution in [-0.2, 0) is 6.18 Å². The molecule has 2 aromatic rings. The van der Waals surface area contributed by atoms with Gasteiger partial charge in [0.2, 0.25) is 0 Å². The van der Waals surface area contributed by atoms with E-state index in [1.807, 2.05) is 18.2 Å². The van der Waals surface area contributed by atoms with Crippen molar-refractivity contribution in [1.29, 1.82) is 0 Å². The van der Waals surface area contributed by atoms with Crippen molar-refractivity contribution in [2.24, 2.45) is 5.92 Å². The molecular formula is C23H27F3N2O3. The average molecular weight is 436 g/mol. The molecule has 2 aliphatic rings. The second-order valence-corrected chi connectivity index (χ2v) is 7.97. The van der Waals surface area contributed by atoms with E-state index in [9.17, 15) is 13.2 Å². The summed E-state index contributed by atoms with van der Waals surface area (Å²) in [5, 5.41) is 3.41. The zero-order chi connectivity index (χ0) is 21.8. The molecule has 4 rings (SSSR count). The third-order valence-corrected chi connectivity index (χ3v) is 5.83. The lowest BCUT2D eigenvalue weighted by Crippen LogP contribution is -2.42. The van der Waals surface area contributed by atoms with Gasteiger partial charge in [0.15, 0.2) is 11.5 Å². The number of hydrogen-bond donors (Lipinski definition) is 1. The van der Waals surface area contributed by atoms with Gasteiger partial charge in [-0.1, -0.05) is 12.1 Å². The lowest BCUT2D eigenvalue weighted by atomic mass is 9.96. The first-order valence-corrected chi connectivity index (χ1v) is 10.5. The second-order valence-electron chi connectivity index (χ2n) is 7.97. The minimum absolute atomic E-state index is 0.151. The number of piperidine rings is 1. The standard InChI is InChI=1S/C23H27F3N2O3/c1-29-20-5-3-2-4-19(20)28-10-8-16(9-11-28)13-27-14-18-15-30-21-7-6-17(23(24,25)26)12-22(21)31-18/h2-7,12,16,18,27H,8-11,13-15H2,1H3/t18-/m0/s1. The highest BCUT2D eigenvalue weighted by molar-refractivity contribution is 5.58. The summed E-state index contributed by atoms with van der Waals surface area (Å²) in [6, 6.07) is 11.4. The molecule has 0 saturated carbocycles. The summed E-state index contributed by atoms with van der Waals surface area (Å²) in [7, 11) is 1.69. The molecule has 1 atom stereocenters. The fourth-order valence-electron chi connectivity index (χ4n) is 4.11. The monoisotopic (exact) mass is 436 g/mol. The Morgan fingerprint density at radius 1 is 1.06 bits per heavy atom. The first-order chi connectivity index (χ1) is 14.9. The Labute approximate surface area is 180 Å². The molecule has 0 radical (unpaired) electrons. The molecule has 1 saturated heterocycles. The van der Waals surface area contributed by atoms with Gasteiger partial charge in [-0.2, -0.15) is 13.2 Å². The zero-order valence-corrected chi connectivity index (χ0v) is 17.5. The van der Waals surface area contributed by atoms with E-state index in [4.69, 9.17) is 14.2 Å². The minimum Gasteiger partial charge on any atom is -0.495 e. The van der Waals surface area contributed by atoms with Crippen LogP contribution in [0, 0.1) is 5.92 Å². The molecule has 31 heavy (non-hydrogen) atoms. The van der Waals surface area contributed by atoms with Crippen LogP contribution in [-0.4, -0.2) is 46.0 Å². The third kappa shape index (κ3) is 5.18. The molecule has 8 heteroatoms. The van der Waals surface area contributed by atoms with Gasteiger partial charge in [-0.3, -0.25) is 0 Å². The minimum atomic E-state index is -4.40. The highest BCUT2D eigenvalue weighted by Crippen LogP contribution is 2.38. The largest absolute Gasteiger partial charge is 0.495 e. The summed E-state index contributed by atoms with van der Waals surface area (Å²) in [5.74, 6) is 1.94. The molecule has 0 unspecified atom stereocenters. The summed E-state index contributed by atoms with van der Waals surface area (Å²) in [5.41, 5.74) is 0.395. The average Bonchev–Trinajstić information content (AvgIpc) is 2.78. The summed E-state index contributed by atoms with van der Waals surface area (Å²) in [6.45, 7) is 3.61. The molecule has 1 fully saturated rings. The van der Waals surface area contributed by atoms with E-state index in [0.717, 1.165) is 56.0 Å². The van der Waals surface area contributed by atoms with E-state index in [2.05, 4.69) is 16.3 Å². The predicted octanol–water partition coefficient (Wildman–Crippen LogP) is 4.36. The molecule has 5 nitrogen and oxygen atoms in total. The number of hydrogen-bond acceptors (Lipinski definition) is 5. The number of para-hydroxylation sites is 2. The second kappa shape index (κ2) is 9.26. The molecule has 0 aliphatic carbocycles. The van der Waals surface area contributed by atoms with Crippen molar-refractivity contribution in [1.82, 2.24) is 5.32 Å². The number of rotatable bonds is 6. The maximum atomic E-state index is 12.9. The van der Waals surface area contributed by atoms with Crippen LogP contribution < -0.4 is 24.4 Å². The molecule has 1 N–H and O–H groups in total. The van der Waals surface area contributed by atoms with Crippen molar-refractivity contribution in [3.63, 3.8) is 0 Å². The Morgan fingerprint density at radius 2 is 1.84 bits per heavy atom. The lowest BCUT2D eigenvalue weighted by Gasteiger charge is -2.34. The predicted molar refractivity (Wildman–Crippen MR) is 112 cm³/mol. The topological polar surface area (TPSA) is 43.0 Å². The van der Waals surface area contributed by atoms with E-state index in [1.54, 1.807) is 7.11 Å². The SMILES string of the molecule is COc1ccccc1N1CCC(CNC[C@H]2COc3ccc(C(F)(F)F)cc3O2)CC1. The number of fused-ring (bicyclic) bond motifs is 1. The molecule has 0 amide bonds. The number of alkyl halides is 3. The molecule has 2 aromatic carbocycles. The van der Waals surface area contributed by atoms with Gasteiger partial charge in [0.25, 0.3) is 0 Å². The smallest absolute Gasteiger partial charge is 0.416 e. The zero-order valence-electron chi connectivity index (χ0n) is 17.5. The molecule has 168 valence electrons. The van der Waals surface area contributed by atoms with E-state index in [1.165, 1.54) is 6.07 Å². The lowest BCUT2D eigenvalue weighted by molar-refractivity contribution is -0.137. The van der Waals surface area contributed by atoms with Crippen LogP contribution in [0.3, 0.4) is 0 Å². The number of benzene rings is 2. The van der Waals surface area contributed by atoms with E-state index in [0.29, 0.717) is 24.8 Å². The van der Waals surface area contributed by atoms with Gasteiger partial charge in [-0.05, 0) is 55.6 Å². The fraction of sp³-hybridized carbons (Fsp3) is 0.478. The van der Waals surface area contributed by atoms with Crippen LogP contribution in [0.4, 0.5) is 18.9 Å². The summed E-state index contributed by atoms with van der Waals surface area (Å²) in [6.07, 6.45) is -2.59. The van der Waals surface area contributed by atoms with Gasteiger partial charge >= 0.3 is 6.18 Å². The molecule has 2 heterocycles. The summed E-state index contributed by atoms with van der Waals surface area (Å²) >= 11 is 0. The normalized spacial score (nSPS) is 19.4. The number of halogens is 3. The first kappa shape index (κ1) is 21.6. The van der Waals surface area contributed by atoms with Gasteiger partial charge in [-0.25, -0.2) is 0 Å². The summed E-state index contributed by atoms with van der Waals surface area (Å²) < 4.78 is 55.6. The van der Waals surface area contributed by atoms with Crippen molar-refractivity contribution < 1.29 is 27.4 Å². The van der Waals surface area contributed by atoms with Crippen LogP contribution in [0.2, 0.25) is 0 Å². The maximum Gasteiger partial charge on any atom is 0.416 e. The Bertz CT molecular complexity index is 883. The maximum absolute atomic E-state index is 12.9. The molecule has 0 aromatic heterocycles. The molecule has 2 aliphatic heterocycles. The number of anilines is 1. The number of nitrogens with one attached hydrogen (secondary N) is 1. The first-order valence-electron chi connectivity index (χ1n) is 10.5. The quantitative estimate of drug-likeness (QED) is 0.729. The van der Waals surface area contributed by atoms with E-state index < -0.39 is 11.7 Å². The van der Waals surface area contributed by atoms with Crippen LogP contribution in [0.25, 0.3) is 0 Å². The Balaban J connectivity index is 1.23. The van der Waals surface area contributed by atoms with Gasteiger partial charge in [0.05, 0.1) is 18.4 Å². The molecule has 0 bridgehead atoms. The Kier molecular flexibility index (Phi) is 6.46. The van der Waals surface area contributed by atoms with Crippen LogP contribution in [0.5, 0.6) is 17.2 Å². The highest BCUT2D eigenvalue weighted by Gasteiger charge is 2.33. The summed E-state index contributed by atoms with van der Waals surface area (Å²) in [4.78, 5) is 2.35. The van der Waals surface area contributed by atoms with Crippen molar-refractivity contribution >= 4 is 5.69 Å². The number of ether oxygens (including phenoxy) is 3.